The van der Waals surface area contributed by atoms with E-state index in [0.29, 0.717) is 22.9 Å². The number of hydrogen-bond acceptors (Lipinski definition) is 6. The van der Waals surface area contributed by atoms with Crippen LogP contribution in [-0.2, 0) is 0 Å². The predicted octanol–water partition coefficient (Wildman–Crippen LogP) is 10.2. The van der Waals surface area contributed by atoms with Crippen LogP contribution in [0.15, 0.2) is 152 Å². The molecular formula is C50H40BN5OS. The van der Waals surface area contributed by atoms with Crippen molar-refractivity contribution in [3.63, 3.8) is 0 Å². The van der Waals surface area contributed by atoms with Crippen LogP contribution in [0.25, 0.3) is 91.5 Å². The first-order valence-corrected chi connectivity index (χ1v) is 19.9. The van der Waals surface area contributed by atoms with Crippen molar-refractivity contribution >= 4 is 65.4 Å². The fourth-order valence-corrected chi connectivity index (χ4v) is 8.08. The van der Waals surface area contributed by atoms with Gasteiger partial charge in [0.25, 0.3) is 0 Å². The number of allylic oxidation sites excluding steroid dienone is 4. The summed E-state index contributed by atoms with van der Waals surface area (Å²) in [6.45, 7) is 20.6. The van der Waals surface area contributed by atoms with Crippen LogP contribution in [0.1, 0.15) is 28.1 Å². The second kappa shape index (κ2) is 16.5. The van der Waals surface area contributed by atoms with Gasteiger partial charge >= 0.3 is 0 Å². The van der Waals surface area contributed by atoms with E-state index in [0.717, 1.165) is 89.4 Å². The number of aromatic nitrogens is 5. The second-order valence-corrected chi connectivity index (χ2v) is 14.6. The molecule has 4 aromatic heterocycles. The van der Waals surface area contributed by atoms with Gasteiger partial charge in [-0.2, -0.15) is 0 Å². The lowest BCUT2D eigenvalue weighted by Crippen LogP contribution is -2.21. The molecule has 8 rings (SSSR count). The van der Waals surface area contributed by atoms with Crippen LogP contribution in [0.5, 0.6) is 0 Å². The van der Waals surface area contributed by atoms with Crippen molar-refractivity contribution in [1.82, 2.24) is 24.5 Å². The molecule has 58 heavy (non-hydrogen) atoms. The van der Waals surface area contributed by atoms with E-state index in [4.69, 9.17) is 24.4 Å². The third-order valence-electron chi connectivity index (χ3n) is 9.98. The van der Waals surface area contributed by atoms with E-state index in [1.54, 1.807) is 23.5 Å². The standard InChI is InChI=1S/C50H40BN5OS/c1-7-10-25-40-32(4)44(57-46(40)51-6)31-43-39(9-3)41(26-11-8-2)33(5)56(43)38-24-18-23-37(29-38)50-52-42-30-36(27-28-45(42)58-50)49-54-47(34-19-14-12-15-20-34)53-48(55-49)35-21-16-13-17-22-35/h7-31,51H,1-4H2,5-6H3/b25-10-,26-11-,44-31+. The van der Waals surface area contributed by atoms with E-state index < -0.39 is 0 Å². The monoisotopic (exact) mass is 769 g/mol. The molecule has 0 aliphatic rings. The highest BCUT2D eigenvalue weighted by molar-refractivity contribution is 7.21. The Kier molecular flexibility index (Phi) is 10.8. The molecule has 280 valence electrons. The fourth-order valence-electron chi connectivity index (χ4n) is 7.14. The zero-order valence-electron chi connectivity index (χ0n) is 32.5. The van der Waals surface area contributed by atoms with Gasteiger partial charge in [0.15, 0.2) is 17.5 Å². The Labute approximate surface area is 342 Å². The predicted molar refractivity (Wildman–Crippen MR) is 247 cm³/mol. The summed E-state index contributed by atoms with van der Waals surface area (Å²) in [6.07, 6.45) is 15.4. The molecule has 4 aromatic carbocycles. The minimum Gasteiger partial charge on any atom is -0.471 e. The topological polar surface area (TPSA) is 69.6 Å². The summed E-state index contributed by atoms with van der Waals surface area (Å²) < 4.78 is 9.75. The maximum atomic E-state index is 6.44. The summed E-state index contributed by atoms with van der Waals surface area (Å²) in [5.41, 5.74) is 12.1. The molecule has 0 amide bonds. The maximum Gasteiger partial charge on any atom is 0.202 e. The minimum absolute atomic E-state index is 0.592. The number of nitrogens with zero attached hydrogens (tertiary/aromatic N) is 5. The zero-order chi connectivity index (χ0) is 40.2. The van der Waals surface area contributed by atoms with Crippen LogP contribution >= 0.6 is 11.3 Å². The SMILES string of the molecule is C=C/C=C\c1c(C=C)c(/C=c2/oc(BC)c(/C=C\C=C)c2=C)n(-c2cccc(-c3nc4cc(-c5nc(-c6ccccc6)nc(-c6ccccc6)n5)ccc4s3)c2)c1C. The molecule has 8 aromatic rings. The van der Waals surface area contributed by atoms with Gasteiger partial charge in [-0.1, -0.05) is 148 Å². The van der Waals surface area contributed by atoms with Crippen molar-refractivity contribution in [2.75, 3.05) is 0 Å². The highest BCUT2D eigenvalue weighted by atomic mass is 32.1. The lowest BCUT2D eigenvalue weighted by molar-refractivity contribution is 0.561. The average molecular weight is 770 g/mol. The molecule has 0 spiro atoms. The summed E-state index contributed by atoms with van der Waals surface area (Å²) in [6, 6.07) is 34.7. The van der Waals surface area contributed by atoms with Gasteiger partial charge in [-0.15, -0.1) is 11.3 Å². The summed E-state index contributed by atoms with van der Waals surface area (Å²) in [7, 11) is 0.736. The van der Waals surface area contributed by atoms with Gasteiger partial charge in [0.1, 0.15) is 10.4 Å². The minimum atomic E-state index is 0.592. The first-order chi connectivity index (χ1) is 28.4. The van der Waals surface area contributed by atoms with Gasteiger partial charge in [0, 0.05) is 61.6 Å². The molecule has 6 nitrogen and oxygen atoms in total. The van der Waals surface area contributed by atoms with Crippen LogP contribution in [0.4, 0.5) is 0 Å². The van der Waals surface area contributed by atoms with E-state index in [9.17, 15) is 0 Å². The summed E-state index contributed by atoms with van der Waals surface area (Å²) in [5.74, 6) is 1.83. The summed E-state index contributed by atoms with van der Waals surface area (Å²) in [4.78, 5) is 19.9. The third kappa shape index (κ3) is 7.29. The number of benzene rings is 4. The smallest absolute Gasteiger partial charge is 0.202 e. The first-order valence-electron chi connectivity index (χ1n) is 19.1. The number of rotatable bonds is 12. The number of thiazole rings is 1. The average Bonchev–Trinajstić information content (AvgIpc) is 3.92. The van der Waals surface area contributed by atoms with Crippen LogP contribution in [-0.4, -0.2) is 31.8 Å². The molecule has 0 radical (unpaired) electrons. The Hall–Kier alpha value is -7.16. The van der Waals surface area contributed by atoms with Gasteiger partial charge in [-0.05, 0) is 37.3 Å². The summed E-state index contributed by atoms with van der Waals surface area (Å²) in [5, 5.41) is 1.73. The Morgan fingerprint density at radius 1 is 0.672 bits per heavy atom. The quantitative estimate of drug-likeness (QED) is 0.0914. The van der Waals surface area contributed by atoms with Crippen LogP contribution in [0.3, 0.4) is 0 Å². The van der Waals surface area contributed by atoms with E-state index in [2.05, 4.69) is 99.2 Å². The second-order valence-electron chi connectivity index (χ2n) is 13.6. The van der Waals surface area contributed by atoms with Gasteiger partial charge in [-0.3, -0.25) is 0 Å². The highest BCUT2D eigenvalue weighted by Crippen LogP contribution is 2.36. The number of hydrogen-bond donors (Lipinski definition) is 0. The van der Waals surface area contributed by atoms with Crippen molar-refractivity contribution in [2.24, 2.45) is 0 Å². The van der Waals surface area contributed by atoms with Crippen LogP contribution < -0.4 is 16.3 Å². The van der Waals surface area contributed by atoms with Gasteiger partial charge < -0.3 is 8.98 Å². The Balaban J connectivity index is 1.23. The van der Waals surface area contributed by atoms with Crippen LogP contribution in [0.2, 0.25) is 6.82 Å². The van der Waals surface area contributed by atoms with E-state index in [-0.39, 0.29) is 0 Å². The molecule has 8 heteroatoms. The molecule has 0 fully saturated rings. The first kappa shape index (κ1) is 37.8. The molecule has 0 saturated carbocycles. The Bertz CT molecular complexity index is 2970. The molecule has 4 heterocycles. The van der Waals surface area contributed by atoms with Crippen LogP contribution in [0, 0.1) is 6.92 Å². The van der Waals surface area contributed by atoms with Crippen molar-refractivity contribution in [2.45, 2.75) is 13.7 Å². The molecule has 0 aliphatic heterocycles. The summed E-state index contributed by atoms with van der Waals surface area (Å²) >= 11 is 1.65. The van der Waals surface area contributed by atoms with E-state index in [1.165, 1.54) is 0 Å². The van der Waals surface area contributed by atoms with E-state index >= 15 is 0 Å². The maximum absolute atomic E-state index is 6.44. The van der Waals surface area contributed by atoms with Gasteiger partial charge in [-0.25, -0.2) is 19.9 Å². The van der Waals surface area contributed by atoms with Crippen molar-refractivity contribution in [3.8, 4) is 50.4 Å². The number of fused-ring (bicyclic) bond motifs is 1. The lowest BCUT2D eigenvalue weighted by Gasteiger charge is -2.11. The molecule has 0 N–H and O–H groups in total. The normalized spacial score (nSPS) is 11.9. The number of furan rings is 1. The van der Waals surface area contributed by atoms with Crippen molar-refractivity contribution in [3.05, 3.63) is 186 Å². The molecule has 0 bridgehead atoms. The third-order valence-corrected chi connectivity index (χ3v) is 11.1. The fraction of sp³-hybridized carbons (Fsp3) is 0.0400. The largest absolute Gasteiger partial charge is 0.471 e. The highest BCUT2D eigenvalue weighted by Gasteiger charge is 2.20. The molecule has 0 atom stereocenters. The van der Waals surface area contributed by atoms with Crippen molar-refractivity contribution in [1.29, 1.82) is 0 Å². The molecule has 0 aliphatic carbocycles. The molecule has 0 saturated heterocycles. The van der Waals surface area contributed by atoms with Gasteiger partial charge in [0.2, 0.25) is 7.28 Å². The van der Waals surface area contributed by atoms with Crippen molar-refractivity contribution < 1.29 is 4.42 Å². The lowest BCUT2D eigenvalue weighted by atomic mass is 9.77. The molecule has 0 unspecified atom stereocenters. The van der Waals surface area contributed by atoms with Gasteiger partial charge in [0.05, 0.1) is 21.6 Å². The molecular weight excluding hydrogens is 729 g/mol. The Morgan fingerprint density at radius 2 is 1.29 bits per heavy atom. The Morgan fingerprint density at radius 3 is 1.91 bits per heavy atom. The van der Waals surface area contributed by atoms with E-state index in [1.807, 2.05) is 85.0 Å². The zero-order valence-corrected chi connectivity index (χ0v) is 33.3.